The van der Waals surface area contributed by atoms with Gasteiger partial charge < -0.3 is 15.5 Å². The zero-order chi connectivity index (χ0) is 14.6. The molecule has 106 valence electrons. The van der Waals surface area contributed by atoms with Crippen LogP contribution < -0.4 is 10.6 Å². The van der Waals surface area contributed by atoms with Crippen LogP contribution in [0, 0.1) is 5.41 Å². The number of aromatic nitrogens is 1. The predicted molar refractivity (Wildman–Crippen MR) is 78.4 cm³/mol. The van der Waals surface area contributed by atoms with Crippen molar-refractivity contribution in [1.29, 1.82) is 0 Å². The number of nitrogens with two attached hydrogens (primary N) is 1. The molecule has 0 saturated carbocycles. The number of anilines is 1. The zero-order valence-corrected chi connectivity index (χ0v) is 12.5. The highest BCUT2D eigenvalue weighted by molar-refractivity contribution is 5.93. The van der Waals surface area contributed by atoms with Crippen molar-refractivity contribution in [3.8, 4) is 0 Å². The summed E-state index contributed by atoms with van der Waals surface area (Å²) in [5.74, 6) is 0.806. The minimum atomic E-state index is -0.0819. The molecule has 5 nitrogen and oxygen atoms in total. The van der Waals surface area contributed by atoms with Gasteiger partial charge in [0.1, 0.15) is 5.82 Å². The average Bonchev–Trinajstić information content (AvgIpc) is 2.37. The summed E-state index contributed by atoms with van der Waals surface area (Å²) in [5, 5.41) is 0. The Morgan fingerprint density at radius 3 is 2.37 bits per heavy atom. The molecule has 1 amide bonds. The lowest BCUT2D eigenvalue weighted by Crippen LogP contribution is -2.39. The van der Waals surface area contributed by atoms with Crippen LogP contribution in [-0.2, 0) is 0 Å². The molecule has 0 radical (unpaired) electrons. The molecule has 1 rings (SSSR count). The fourth-order valence-electron chi connectivity index (χ4n) is 1.78. The lowest BCUT2D eigenvalue weighted by Gasteiger charge is -2.29. The Morgan fingerprint density at radius 1 is 1.32 bits per heavy atom. The fourth-order valence-corrected chi connectivity index (χ4v) is 1.78. The number of pyridine rings is 1. The number of amides is 1. The van der Waals surface area contributed by atoms with Crippen molar-refractivity contribution in [2.24, 2.45) is 11.1 Å². The molecule has 2 N–H and O–H groups in total. The Balaban J connectivity index is 2.77. The maximum Gasteiger partial charge on any atom is 0.255 e. The van der Waals surface area contributed by atoms with E-state index in [1.165, 1.54) is 0 Å². The zero-order valence-electron chi connectivity index (χ0n) is 12.5. The van der Waals surface area contributed by atoms with Crippen LogP contribution in [0.3, 0.4) is 0 Å². The third-order valence-corrected chi connectivity index (χ3v) is 3.02. The maximum atomic E-state index is 12.3. The van der Waals surface area contributed by atoms with Gasteiger partial charge in [-0.1, -0.05) is 13.8 Å². The molecule has 1 heterocycles. The second kappa shape index (κ2) is 6.02. The molecule has 0 aliphatic heterocycles. The van der Waals surface area contributed by atoms with Gasteiger partial charge in [0.2, 0.25) is 0 Å². The van der Waals surface area contributed by atoms with Crippen LogP contribution in [-0.4, -0.2) is 50.0 Å². The van der Waals surface area contributed by atoms with Gasteiger partial charge in [-0.25, -0.2) is 4.98 Å². The summed E-state index contributed by atoms with van der Waals surface area (Å²) in [7, 11) is 5.62. The van der Waals surface area contributed by atoms with Gasteiger partial charge in [-0.3, -0.25) is 4.79 Å². The highest BCUT2D eigenvalue weighted by atomic mass is 16.2. The largest absolute Gasteiger partial charge is 0.363 e. The minimum Gasteiger partial charge on any atom is -0.363 e. The molecule has 5 heteroatoms. The van der Waals surface area contributed by atoms with Crippen LogP contribution in [0.4, 0.5) is 5.82 Å². The summed E-state index contributed by atoms with van der Waals surface area (Å²) >= 11 is 0. The minimum absolute atomic E-state index is 0.0284. The third-order valence-electron chi connectivity index (χ3n) is 3.02. The van der Waals surface area contributed by atoms with Gasteiger partial charge in [-0.15, -0.1) is 0 Å². The Labute approximate surface area is 115 Å². The molecular formula is C14H24N4O. The molecule has 0 bridgehead atoms. The SMILES string of the molecule is CN(CC(C)(C)CN)C(=O)c1ccc(N(C)C)nc1. The monoisotopic (exact) mass is 264 g/mol. The topological polar surface area (TPSA) is 62.5 Å². The van der Waals surface area contributed by atoms with Crippen molar-refractivity contribution in [2.45, 2.75) is 13.8 Å². The number of nitrogens with zero attached hydrogens (tertiary/aromatic N) is 3. The molecule has 0 atom stereocenters. The van der Waals surface area contributed by atoms with Crippen LogP contribution in [0.5, 0.6) is 0 Å². The molecule has 0 aromatic carbocycles. The molecule has 19 heavy (non-hydrogen) atoms. The number of hydrogen-bond donors (Lipinski definition) is 1. The van der Waals surface area contributed by atoms with Crippen molar-refractivity contribution in [1.82, 2.24) is 9.88 Å². The molecule has 0 saturated heterocycles. The first-order valence-electron chi connectivity index (χ1n) is 6.36. The molecular weight excluding hydrogens is 240 g/mol. The fraction of sp³-hybridized carbons (Fsp3) is 0.571. The maximum absolute atomic E-state index is 12.3. The van der Waals surface area contributed by atoms with Crippen molar-refractivity contribution < 1.29 is 4.79 Å². The van der Waals surface area contributed by atoms with E-state index < -0.39 is 0 Å². The summed E-state index contributed by atoms with van der Waals surface area (Å²) in [4.78, 5) is 20.1. The molecule has 0 spiro atoms. The van der Waals surface area contributed by atoms with Crippen LogP contribution >= 0.6 is 0 Å². The van der Waals surface area contributed by atoms with E-state index in [1.54, 1.807) is 24.2 Å². The highest BCUT2D eigenvalue weighted by Gasteiger charge is 2.22. The number of carbonyl (C=O) groups excluding carboxylic acids is 1. The van der Waals surface area contributed by atoms with E-state index in [-0.39, 0.29) is 11.3 Å². The quantitative estimate of drug-likeness (QED) is 0.868. The summed E-state index contributed by atoms with van der Waals surface area (Å²) in [6.45, 7) is 5.26. The van der Waals surface area contributed by atoms with E-state index in [4.69, 9.17) is 5.73 Å². The van der Waals surface area contributed by atoms with Gasteiger partial charge in [0.25, 0.3) is 5.91 Å². The van der Waals surface area contributed by atoms with E-state index in [1.807, 2.05) is 38.9 Å². The Kier molecular flexibility index (Phi) is 4.89. The van der Waals surface area contributed by atoms with Crippen molar-refractivity contribution in [3.05, 3.63) is 23.9 Å². The van der Waals surface area contributed by atoms with Gasteiger partial charge >= 0.3 is 0 Å². The first-order valence-corrected chi connectivity index (χ1v) is 6.36. The van der Waals surface area contributed by atoms with Crippen molar-refractivity contribution in [3.63, 3.8) is 0 Å². The second-order valence-corrected chi connectivity index (χ2v) is 5.83. The molecule has 0 fully saturated rings. The first kappa shape index (κ1) is 15.4. The van der Waals surface area contributed by atoms with Crippen molar-refractivity contribution >= 4 is 11.7 Å². The van der Waals surface area contributed by atoms with E-state index in [9.17, 15) is 4.79 Å². The smallest absolute Gasteiger partial charge is 0.255 e. The third kappa shape index (κ3) is 4.21. The van der Waals surface area contributed by atoms with E-state index in [0.717, 1.165) is 5.82 Å². The molecule has 0 aliphatic rings. The van der Waals surface area contributed by atoms with Gasteiger partial charge in [-0.2, -0.15) is 0 Å². The van der Waals surface area contributed by atoms with Crippen LogP contribution in [0.25, 0.3) is 0 Å². The first-order chi connectivity index (χ1) is 8.76. The lowest BCUT2D eigenvalue weighted by atomic mass is 9.93. The highest BCUT2D eigenvalue weighted by Crippen LogP contribution is 2.16. The Morgan fingerprint density at radius 2 is 1.95 bits per heavy atom. The predicted octanol–water partition coefficient (Wildman–Crippen LogP) is 1.20. The molecule has 0 unspecified atom stereocenters. The van der Waals surface area contributed by atoms with Crippen LogP contribution in [0.2, 0.25) is 0 Å². The van der Waals surface area contributed by atoms with Gasteiger partial charge in [-0.05, 0) is 24.1 Å². The number of hydrogen-bond acceptors (Lipinski definition) is 4. The molecule has 1 aromatic rings. The summed E-state index contributed by atoms with van der Waals surface area (Å²) in [5.41, 5.74) is 6.21. The van der Waals surface area contributed by atoms with E-state index >= 15 is 0 Å². The Bertz CT molecular complexity index is 426. The lowest BCUT2D eigenvalue weighted by molar-refractivity contribution is 0.0740. The second-order valence-electron chi connectivity index (χ2n) is 5.83. The van der Waals surface area contributed by atoms with Gasteiger partial charge in [0.15, 0.2) is 0 Å². The average molecular weight is 264 g/mol. The summed E-state index contributed by atoms with van der Waals surface area (Å²) in [6.07, 6.45) is 1.61. The van der Waals surface area contributed by atoms with Crippen LogP contribution in [0.15, 0.2) is 18.3 Å². The van der Waals surface area contributed by atoms with E-state index in [2.05, 4.69) is 4.98 Å². The van der Waals surface area contributed by atoms with Crippen molar-refractivity contribution in [2.75, 3.05) is 39.1 Å². The number of carbonyl (C=O) groups is 1. The molecule has 1 aromatic heterocycles. The summed E-state index contributed by atoms with van der Waals surface area (Å²) < 4.78 is 0. The summed E-state index contributed by atoms with van der Waals surface area (Å²) in [6, 6.07) is 3.64. The molecule has 0 aliphatic carbocycles. The van der Waals surface area contributed by atoms with E-state index in [0.29, 0.717) is 18.7 Å². The standard InChI is InChI=1S/C14H24N4O/c1-14(2,9-15)10-18(5)13(19)11-6-7-12(16-8-11)17(3)4/h6-8H,9-10,15H2,1-5H3. The number of rotatable bonds is 5. The van der Waals surface area contributed by atoms with Crippen LogP contribution in [0.1, 0.15) is 24.2 Å². The normalized spacial score (nSPS) is 11.3. The van der Waals surface area contributed by atoms with Gasteiger partial charge in [0.05, 0.1) is 5.56 Å². The van der Waals surface area contributed by atoms with Gasteiger partial charge in [0, 0.05) is 33.9 Å². The Hall–Kier alpha value is -1.62.